The Kier molecular flexibility index (Phi) is 5.83. The van der Waals surface area contributed by atoms with Gasteiger partial charge in [-0.25, -0.2) is 9.18 Å². The highest BCUT2D eigenvalue weighted by atomic mass is 79.9. The fraction of sp³-hybridized carbons (Fsp3) is 0.190. The van der Waals surface area contributed by atoms with E-state index < -0.39 is 29.8 Å². The lowest BCUT2D eigenvalue weighted by Gasteiger charge is -2.41. The minimum atomic E-state index is -1.16. The van der Waals surface area contributed by atoms with Gasteiger partial charge in [0.15, 0.2) is 6.61 Å². The number of fused-ring (bicyclic) bond motifs is 1. The van der Waals surface area contributed by atoms with Crippen LogP contribution in [0.2, 0.25) is 0 Å². The molecular weight excluding hydrogens is 443 g/mol. The van der Waals surface area contributed by atoms with E-state index in [0.29, 0.717) is 15.8 Å². The van der Waals surface area contributed by atoms with Gasteiger partial charge in [-0.15, -0.1) is 0 Å². The summed E-state index contributed by atoms with van der Waals surface area (Å²) < 4.78 is 19.4. The molecule has 6 nitrogen and oxygen atoms in total. The number of ether oxygens (including phenoxy) is 1. The molecule has 8 heteroatoms. The predicted molar refractivity (Wildman–Crippen MR) is 111 cm³/mol. The SMILES string of the molecule is CC1(C)C(=O)Nc2ccccc2N1C(=O)COC(=O)/C=C/c1cc(Br)ccc1F. The van der Waals surface area contributed by atoms with Gasteiger partial charge in [-0.2, -0.15) is 0 Å². The van der Waals surface area contributed by atoms with E-state index in [9.17, 15) is 18.8 Å². The van der Waals surface area contributed by atoms with Gasteiger partial charge in [0.05, 0.1) is 11.4 Å². The first-order chi connectivity index (χ1) is 13.7. The number of anilines is 2. The zero-order valence-electron chi connectivity index (χ0n) is 15.7. The molecule has 1 aliphatic heterocycles. The molecule has 150 valence electrons. The molecule has 0 saturated heterocycles. The Labute approximate surface area is 175 Å². The second-order valence-corrected chi connectivity index (χ2v) is 7.78. The van der Waals surface area contributed by atoms with Crippen molar-refractivity contribution in [2.24, 2.45) is 0 Å². The number of nitrogens with zero attached hydrogens (tertiary/aromatic N) is 1. The van der Waals surface area contributed by atoms with Crippen molar-refractivity contribution in [1.29, 1.82) is 0 Å². The molecule has 1 aliphatic rings. The number of nitrogens with one attached hydrogen (secondary N) is 1. The maximum atomic E-state index is 13.7. The van der Waals surface area contributed by atoms with E-state index >= 15 is 0 Å². The largest absolute Gasteiger partial charge is 0.452 e. The van der Waals surface area contributed by atoms with E-state index in [1.165, 1.54) is 29.2 Å². The lowest BCUT2D eigenvalue weighted by atomic mass is 9.96. The molecule has 0 aromatic heterocycles. The first-order valence-corrected chi connectivity index (χ1v) is 9.53. The lowest BCUT2D eigenvalue weighted by molar-refractivity contribution is -0.143. The Balaban J connectivity index is 1.71. The van der Waals surface area contributed by atoms with E-state index in [4.69, 9.17) is 4.74 Å². The topological polar surface area (TPSA) is 75.7 Å². The Bertz CT molecular complexity index is 1020. The van der Waals surface area contributed by atoms with Crippen LogP contribution in [0.4, 0.5) is 15.8 Å². The second kappa shape index (κ2) is 8.16. The molecule has 0 spiro atoms. The highest BCUT2D eigenvalue weighted by Gasteiger charge is 2.43. The van der Waals surface area contributed by atoms with Gasteiger partial charge >= 0.3 is 5.97 Å². The van der Waals surface area contributed by atoms with Crippen LogP contribution in [0.5, 0.6) is 0 Å². The fourth-order valence-corrected chi connectivity index (χ4v) is 3.32. The second-order valence-electron chi connectivity index (χ2n) is 6.87. The van der Waals surface area contributed by atoms with E-state index in [-0.39, 0.29) is 11.5 Å². The van der Waals surface area contributed by atoms with Crippen LogP contribution in [0.1, 0.15) is 19.4 Å². The van der Waals surface area contributed by atoms with Crippen LogP contribution in [0.3, 0.4) is 0 Å². The summed E-state index contributed by atoms with van der Waals surface area (Å²) in [6, 6.07) is 11.2. The predicted octanol–water partition coefficient (Wildman–Crippen LogP) is 3.91. The number of halogens is 2. The Morgan fingerprint density at radius 3 is 2.72 bits per heavy atom. The number of para-hydroxylation sites is 2. The highest BCUT2D eigenvalue weighted by molar-refractivity contribution is 9.10. The first kappa shape index (κ1) is 20.7. The van der Waals surface area contributed by atoms with Crippen molar-refractivity contribution in [1.82, 2.24) is 0 Å². The Hall–Kier alpha value is -3.00. The third kappa shape index (κ3) is 4.37. The van der Waals surface area contributed by atoms with Crippen LogP contribution in [-0.2, 0) is 19.1 Å². The summed E-state index contributed by atoms with van der Waals surface area (Å²) in [6.07, 6.45) is 2.31. The van der Waals surface area contributed by atoms with Gasteiger partial charge in [-0.05, 0) is 50.3 Å². The smallest absolute Gasteiger partial charge is 0.331 e. The number of esters is 1. The van der Waals surface area contributed by atoms with Gasteiger partial charge in [0, 0.05) is 16.1 Å². The minimum absolute atomic E-state index is 0.199. The average molecular weight is 461 g/mol. The molecule has 2 amide bonds. The van der Waals surface area contributed by atoms with Crippen molar-refractivity contribution in [3.05, 3.63) is 64.4 Å². The minimum Gasteiger partial charge on any atom is -0.452 e. The van der Waals surface area contributed by atoms with Gasteiger partial charge in [0.25, 0.3) is 5.91 Å². The molecule has 0 aliphatic carbocycles. The molecule has 2 aromatic rings. The summed E-state index contributed by atoms with van der Waals surface area (Å²) >= 11 is 3.23. The number of carbonyl (C=O) groups excluding carboxylic acids is 3. The fourth-order valence-electron chi connectivity index (χ4n) is 2.94. The third-order valence-corrected chi connectivity index (χ3v) is 4.95. The Morgan fingerprint density at radius 2 is 1.97 bits per heavy atom. The molecule has 0 unspecified atom stereocenters. The number of carbonyl (C=O) groups is 3. The molecule has 0 bridgehead atoms. The number of hydrogen-bond donors (Lipinski definition) is 1. The molecule has 0 atom stereocenters. The van der Waals surface area contributed by atoms with Crippen LogP contribution in [0.15, 0.2) is 53.0 Å². The molecule has 0 saturated carbocycles. The summed E-state index contributed by atoms with van der Waals surface area (Å²) in [4.78, 5) is 38.5. The van der Waals surface area contributed by atoms with Crippen LogP contribution in [-0.4, -0.2) is 29.9 Å². The molecule has 1 heterocycles. The summed E-state index contributed by atoms with van der Waals surface area (Å²) in [5, 5.41) is 2.76. The first-order valence-electron chi connectivity index (χ1n) is 8.73. The molecular formula is C21H18BrFN2O4. The van der Waals surface area contributed by atoms with Gasteiger partial charge in [0.2, 0.25) is 5.91 Å². The van der Waals surface area contributed by atoms with Crippen molar-refractivity contribution >= 4 is 51.2 Å². The van der Waals surface area contributed by atoms with Crippen LogP contribution in [0, 0.1) is 5.82 Å². The summed E-state index contributed by atoms with van der Waals surface area (Å²) in [5.41, 5.74) is 0.0597. The van der Waals surface area contributed by atoms with Crippen LogP contribution < -0.4 is 10.2 Å². The average Bonchev–Trinajstić information content (AvgIpc) is 2.67. The van der Waals surface area contributed by atoms with E-state index in [1.807, 2.05) is 0 Å². The van der Waals surface area contributed by atoms with Crippen molar-refractivity contribution < 1.29 is 23.5 Å². The van der Waals surface area contributed by atoms with Gasteiger partial charge < -0.3 is 10.1 Å². The maximum absolute atomic E-state index is 13.7. The van der Waals surface area contributed by atoms with Gasteiger partial charge in [-0.1, -0.05) is 28.1 Å². The van der Waals surface area contributed by atoms with Crippen molar-refractivity contribution in [3.63, 3.8) is 0 Å². The number of hydrogen-bond acceptors (Lipinski definition) is 4. The zero-order valence-corrected chi connectivity index (χ0v) is 17.3. The molecule has 2 aromatic carbocycles. The number of amides is 2. The normalized spacial score (nSPS) is 15.0. The molecule has 0 fully saturated rings. The monoisotopic (exact) mass is 460 g/mol. The third-order valence-electron chi connectivity index (χ3n) is 4.45. The molecule has 0 radical (unpaired) electrons. The van der Waals surface area contributed by atoms with Crippen LogP contribution >= 0.6 is 15.9 Å². The summed E-state index contributed by atoms with van der Waals surface area (Å²) in [6.45, 7) is 2.65. The molecule has 3 rings (SSSR count). The van der Waals surface area contributed by atoms with E-state index in [1.54, 1.807) is 38.1 Å². The number of rotatable bonds is 4. The lowest BCUT2D eigenvalue weighted by Crippen LogP contribution is -2.59. The van der Waals surface area contributed by atoms with Crippen molar-refractivity contribution in [3.8, 4) is 0 Å². The summed E-state index contributed by atoms with van der Waals surface area (Å²) in [7, 11) is 0. The zero-order chi connectivity index (χ0) is 21.2. The number of benzene rings is 2. The summed E-state index contributed by atoms with van der Waals surface area (Å²) in [5.74, 6) is -2.19. The molecule has 29 heavy (non-hydrogen) atoms. The highest BCUT2D eigenvalue weighted by Crippen LogP contribution is 2.36. The van der Waals surface area contributed by atoms with Crippen LogP contribution in [0.25, 0.3) is 6.08 Å². The standard InChI is InChI=1S/C21H18BrFN2O4/c1-21(2)20(28)24-16-5-3-4-6-17(16)25(21)18(26)12-29-19(27)10-7-13-11-14(22)8-9-15(13)23/h3-11H,12H2,1-2H3,(H,24,28)/b10-7+. The quantitative estimate of drug-likeness (QED) is 0.554. The van der Waals surface area contributed by atoms with Gasteiger partial charge in [0.1, 0.15) is 11.4 Å². The maximum Gasteiger partial charge on any atom is 0.331 e. The van der Waals surface area contributed by atoms with E-state index in [2.05, 4.69) is 21.2 Å². The Morgan fingerprint density at radius 1 is 1.24 bits per heavy atom. The molecule has 1 N–H and O–H groups in total. The van der Waals surface area contributed by atoms with E-state index in [0.717, 1.165) is 6.08 Å². The van der Waals surface area contributed by atoms with Crippen molar-refractivity contribution in [2.75, 3.05) is 16.8 Å². The van der Waals surface area contributed by atoms with Gasteiger partial charge in [-0.3, -0.25) is 14.5 Å². The van der Waals surface area contributed by atoms with Crippen molar-refractivity contribution in [2.45, 2.75) is 19.4 Å².